The van der Waals surface area contributed by atoms with Crippen molar-refractivity contribution in [2.75, 3.05) is 13.2 Å². The molecule has 0 unspecified atom stereocenters. The number of carboxylic acids is 1. The van der Waals surface area contributed by atoms with E-state index in [9.17, 15) is 9.59 Å². The Kier molecular flexibility index (Phi) is 2.83. The smallest absolute Gasteiger partial charge is 0.353 e. The minimum Gasteiger partial charge on any atom is -0.477 e. The van der Waals surface area contributed by atoms with Gasteiger partial charge in [-0.25, -0.2) is 14.3 Å². The fourth-order valence-electron chi connectivity index (χ4n) is 2.32. The Morgan fingerprint density at radius 3 is 2.84 bits per heavy atom. The van der Waals surface area contributed by atoms with E-state index in [1.165, 1.54) is 12.1 Å². The molecular formula is C12H13N3O4. The monoisotopic (exact) mass is 263 g/mol. The standard InChI is InChI=1S/C12H13N3O4/c16-11-6-8(7-1-3-19-4-2-7)13-10-5-9(12(17)18)14-15(10)11/h5-7,14H,1-4H2,(H,17,18). The maximum atomic E-state index is 11.9. The largest absolute Gasteiger partial charge is 0.477 e. The Morgan fingerprint density at radius 1 is 1.42 bits per heavy atom. The van der Waals surface area contributed by atoms with Crippen molar-refractivity contribution < 1.29 is 14.6 Å². The maximum absolute atomic E-state index is 11.9. The van der Waals surface area contributed by atoms with Crippen LogP contribution in [0, 0.1) is 0 Å². The third-order valence-corrected chi connectivity index (χ3v) is 3.34. The number of rotatable bonds is 2. The van der Waals surface area contributed by atoms with Crippen LogP contribution >= 0.6 is 0 Å². The highest BCUT2D eigenvalue weighted by molar-refractivity contribution is 5.86. The summed E-state index contributed by atoms with van der Waals surface area (Å²) < 4.78 is 6.42. The van der Waals surface area contributed by atoms with E-state index in [1.807, 2.05) is 0 Å². The van der Waals surface area contributed by atoms with Gasteiger partial charge >= 0.3 is 5.97 Å². The average molecular weight is 263 g/mol. The molecule has 0 radical (unpaired) electrons. The van der Waals surface area contributed by atoms with Crippen molar-refractivity contribution in [2.45, 2.75) is 18.8 Å². The minimum absolute atomic E-state index is 0.0475. The van der Waals surface area contributed by atoms with Crippen LogP contribution in [0.2, 0.25) is 0 Å². The van der Waals surface area contributed by atoms with Crippen LogP contribution in [-0.2, 0) is 4.74 Å². The third kappa shape index (κ3) is 2.12. The summed E-state index contributed by atoms with van der Waals surface area (Å²) in [7, 11) is 0. The lowest BCUT2D eigenvalue weighted by molar-refractivity contribution is 0.0690. The predicted molar refractivity (Wildman–Crippen MR) is 65.6 cm³/mol. The number of nitrogens with zero attached hydrogens (tertiary/aromatic N) is 2. The molecule has 0 atom stereocenters. The van der Waals surface area contributed by atoms with Crippen LogP contribution in [0.15, 0.2) is 16.9 Å². The summed E-state index contributed by atoms with van der Waals surface area (Å²) in [4.78, 5) is 27.2. The van der Waals surface area contributed by atoms with Gasteiger partial charge in [0, 0.05) is 31.3 Å². The molecule has 0 aliphatic carbocycles. The Hall–Kier alpha value is -2.15. The number of hydrogen-bond donors (Lipinski definition) is 2. The van der Waals surface area contributed by atoms with Crippen molar-refractivity contribution in [1.82, 2.24) is 14.6 Å². The summed E-state index contributed by atoms with van der Waals surface area (Å²) in [5, 5.41) is 11.4. The van der Waals surface area contributed by atoms with Gasteiger partial charge < -0.3 is 9.84 Å². The first-order valence-electron chi connectivity index (χ1n) is 6.09. The highest BCUT2D eigenvalue weighted by atomic mass is 16.5. The second-order valence-corrected chi connectivity index (χ2v) is 4.57. The van der Waals surface area contributed by atoms with E-state index in [4.69, 9.17) is 9.84 Å². The molecule has 1 aliphatic heterocycles. The van der Waals surface area contributed by atoms with Gasteiger partial charge in [-0.3, -0.25) is 9.89 Å². The van der Waals surface area contributed by atoms with Gasteiger partial charge in [-0.15, -0.1) is 0 Å². The molecule has 2 aromatic rings. The van der Waals surface area contributed by atoms with Crippen LogP contribution in [0.1, 0.15) is 34.9 Å². The highest BCUT2D eigenvalue weighted by Gasteiger charge is 2.19. The maximum Gasteiger partial charge on any atom is 0.353 e. The van der Waals surface area contributed by atoms with Gasteiger partial charge in [0.15, 0.2) is 5.65 Å². The normalized spacial score (nSPS) is 16.8. The van der Waals surface area contributed by atoms with E-state index in [1.54, 1.807) is 0 Å². The van der Waals surface area contributed by atoms with Crippen LogP contribution in [0.3, 0.4) is 0 Å². The van der Waals surface area contributed by atoms with Gasteiger partial charge in [-0.05, 0) is 12.8 Å². The molecular weight excluding hydrogens is 250 g/mol. The second-order valence-electron chi connectivity index (χ2n) is 4.57. The molecule has 0 amide bonds. The number of nitrogens with one attached hydrogen (secondary N) is 1. The molecule has 7 heteroatoms. The zero-order valence-corrected chi connectivity index (χ0v) is 10.1. The zero-order chi connectivity index (χ0) is 13.4. The number of aromatic amines is 1. The van der Waals surface area contributed by atoms with E-state index in [0.29, 0.717) is 24.6 Å². The summed E-state index contributed by atoms with van der Waals surface area (Å²) in [6, 6.07) is 2.83. The number of carbonyl (C=O) groups is 1. The summed E-state index contributed by atoms with van der Waals surface area (Å²) in [6.45, 7) is 1.33. The van der Waals surface area contributed by atoms with Crippen LogP contribution in [-0.4, -0.2) is 38.9 Å². The molecule has 1 aliphatic rings. The molecule has 3 heterocycles. The number of hydrogen-bond acceptors (Lipinski definition) is 4. The van der Waals surface area contributed by atoms with Gasteiger partial charge in [-0.2, -0.15) is 0 Å². The van der Waals surface area contributed by atoms with Gasteiger partial charge in [0.05, 0.1) is 5.69 Å². The molecule has 100 valence electrons. The third-order valence-electron chi connectivity index (χ3n) is 3.34. The number of aromatic carboxylic acids is 1. The van der Waals surface area contributed by atoms with E-state index in [0.717, 1.165) is 17.4 Å². The molecule has 3 rings (SSSR count). The molecule has 0 bridgehead atoms. The Bertz CT molecular complexity index is 682. The molecule has 19 heavy (non-hydrogen) atoms. The summed E-state index contributed by atoms with van der Waals surface area (Å²) in [6.07, 6.45) is 1.66. The van der Waals surface area contributed by atoms with Gasteiger partial charge in [-0.1, -0.05) is 0 Å². The van der Waals surface area contributed by atoms with E-state index in [2.05, 4.69) is 10.1 Å². The van der Waals surface area contributed by atoms with Crippen LogP contribution in [0.5, 0.6) is 0 Å². The molecule has 0 spiro atoms. The first-order chi connectivity index (χ1) is 9.15. The lowest BCUT2D eigenvalue weighted by Crippen LogP contribution is -2.20. The van der Waals surface area contributed by atoms with Crippen LogP contribution in [0.4, 0.5) is 0 Å². The van der Waals surface area contributed by atoms with E-state index in [-0.39, 0.29) is 17.2 Å². The molecule has 0 aromatic carbocycles. The quantitative estimate of drug-likeness (QED) is 0.827. The van der Waals surface area contributed by atoms with Crippen molar-refractivity contribution in [1.29, 1.82) is 0 Å². The molecule has 1 saturated heterocycles. The number of ether oxygens (including phenoxy) is 1. The summed E-state index contributed by atoms with van der Waals surface area (Å²) in [5.74, 6) is -0.910. The highest BCUT2D eigenvalue weighted by Crippen LogP contribution is 2.24. The van der Waals surface area contributed by atoms with Gasteiger partial charge in [0.25, 0.3) is 5.56 Å². The summed E-state index contributed by atoms with van der Waals surface area (Å²) >= 11 is 0. The average Bonchev–Trinajstić information content (AvgIpc) is 2.84. The van der Waals surface area contributed by atoms with Gasteiger partial charge in [0.1, 0.15) is 5.69 Å². The minimum atomic E-state index is -1.11. The van der Waals surface area contributed by atoms with Crippen molar-refractivity contribution in [3.05, 3.63) is 33.9 Å². The zero-order valence-electron chi connectivity index (χ0n) is 10.1. The predicted octanol–water partition coefficient (Wildman–Crippen LogP) is 0.615. The first kappa shape index (κ1) is 11.9. The second kappa shape index (κ2) is 4.51. The number of fused-ring (bicyclic) bond motifs is 1. The van der Waals surface area contributed by atoms with Crippen LogP contribution in [0.25, 0.3) is 5.65 Å². The first-order valence-corrected chi connectivity index (χ1v) is 6.09. The van der Waals surface area contributed by atoms with Crippen molar-refractivity contribution in [3.8, 4) is 0 Å². The SMILES string of the molecule is O=C(O)c1cc2nc(C3CCOCC3)cc(=O)n2[nH]1. The van der Waals surface area contributed by atoms with Crippen molar-refractivity contribution in [2.24, 2.45) is 0 Å². The lowest BCUT2D eigenvalue weighted by Gasteiger charge is -2.21. The summed E-state index contributed by atoms with van der Waals surface area (Å²) in [5.41, 5.74) is 0.711. The number of carboxylic acid groups (broad SMARTS) is 1. The Labute approximate surface area is 107 Å². The molecule has 7 nitrogen and oxygen atoms in total. The molecule has 0 saturated carbocycles. The molecule has 2 N–H and O–H groups in total. The molecule has 2 aromatic heterocycles. The number of H-pyrrole nitrogens is 1. The molecule has 1 fully saturated rings. The van der Waals surface area contributed by atoms with E-state index < -0.39 is 5.97 Å². The fraction of sp³-hybridized carbons (Fsp3) is 0.417. The fourth-order valence-corrected chi connectivity index (χ4v) is 2.32. The Balaban J connectivity index is 2.07. The van der Waals surface area contributed by atoms with Crippen molar-refractivity contribution >= 4 is 11.6 Å². The van der Waals surface area contributed by atoms with Gasteiger partial charge in [0.2, 0.25) is 0 Å². The van der Waals surface area contributed by atoms with E-state index >= 15 is 0 Å². The number of aromatic nitrogens is 3. The van der Waals surface area contributed by atoms with Crippen LogP contribution < -0.4 is 5.56 Å². The lowest BCUT2D eigenvalue weighted by atomic mass is 9.96. The van der Waals surface area contributed by atoms with Crippen molar-refractivity contribution in [3.63, 3.8) is 0 Å². The Morgan fingerprint density at radius 2 is 2.16 bits per heavy atom. The topological polar surface area (TPSA) is 96.7 Å².